The number of benzene rings is 2. The van der Waals surface area contributed by atoms with Crippen LogP contribution in [0.4, 0.5) is 14.9 Å². The van der Waals surface area contributed by atoms with Crippen molar-refractivity contribution in [3.8, 4) is 0 Å². The predicted molar refractivity (Wildman–Crippen MR) is 109 cm³/mol. The summed E-state index contributed by atoms with van der Waals surface area (Å²) in [5.74, 6) is -0.290. The Balaban J connectivity index is 1.47. The van der Waals surface area contributed by atoms with E-state index >= 15 is 0 Å². The molecule has 1 heterocycles. The third-order valence-corrected chi connectivity index (χ3v) is 5.01. The highest BCUT2D eigenvalue weighted by molar-refractivity contribution is 5.74. The zero-order chi connectivity index (χ0) is 19.8. The molecule has 2 aromatic rings. The number of hydrogen-bond acceptors (Lipinski definition) is 3. The van der Waals surface area contributed by atoms with E-state index in [1.807, 2.05) is 25.2 Å². The van der Waals surface area contributed by atoms with Gasteiger partial charge in [-0.25, -0.2) is 9.18 Å². The Morgan fingerprint density at radius 1 is 1.21 bits per heavy atom. The lowest BCUT2D eigenvalue weighted by Crippen LogP contribution is -2.42. The van der Waals surface area contributed by atoms with Gasteiger partial charge in [0.25, 0.3) is 0 Å². The van der Waals surface area contributed by atoms with Gasteiger partial charge in [-0.1, -0.05) is 30.3 Å². The lowest BCUT2D eigenvalue weighted by atomic mass is 9.99. The second kappa shape index (κ2) is 10.1. The standard InChI is InChI=1S/C22H28FN3O2/c1-26(19-7-3-2-4-8-19)15-6-14-24-22(27)25-21(20-9-5-16-28-20)17-10-12-18(23)13-11-17/h2-4,7-8,10-13,20-21H,5-6,9,14-16H2,1H3,(H2,24,25,27). The van der Waals surface area contributed by atoms with Gasteiger partial charge in [0, 0.05) is 32.4 Å². The molecule has 28 heavy (non-hydrogen) atoms. The maximum atomic E-state index is 13.2. The number of carbonyl (C=O) groups is 1. The molecule has 2 aromatic carbocycles. The van der Waals surface area contributed by atoms with E-state index in [9.17, 15) is 9.18 Å². The summed E-state index contributed by atoms with van der Waals surface area (Å²) in [5, 5.41) is 5.92. The number of ether oxygens (including phenoxy) is 1. The van der Waals surface area contributed by atoms with E-state index in [1.54, 1.807) is 12.1 Å². The zero-order valence-electron chi connectivity index (χ0n) is 16.2. The van der Waals surface area contributed by atoms with Crippen molar-refractivity contribution in [2.24, 2.45) is 0 Å². The number of anilines is 1. The molecule has 6 heteroatoms. The predicted octanol–water partition coefficient (Wildman–Crippen LogP) is 3.87. The van der Waals surface area contributed by atoms with Gasteiger partial charge in [0.15, 0.2) is 0 Å². The minimum absolute atomic E-state index is 0.0829. The van der Waals surface area contributed by atoms with Crippen molar-refractivity contribution in [3.63, 3.8) is 0 Å². The number of urea groups is 1. The Morgan fingerprint density at radius 2 is 1.96 bits per heavy atom. The van der Waals surface area contributed by atoms with Crippen molar-refractivity contribution in [1.29, 1.82) is 0 Å². The maximum absolute atomic E-state index is 13.2. The average Bonchev–Trinajstić information content (AvgIpc) is 3.25. The van der Waals surface area contributed by atoms with Crippen molar-refractivity contribution < 1.29 is 13.9 Å². The highest BCUT2D eigenvalue weighted by Crippen LogP contribution is 2.27. The van der Waals surface area contributed by atoms with Crippen LogP contribution in [0.5, 0.6) is 0 Å². The number of rotatable bonds is 8. The fraction of sp³-hybridized carbons (Fsp3) is 0.409. The first-order valence-electron chi connectivity index (χ1n) is 9.81. The number of carbonyl (C=O) groups excluding carboxylic acids is 1. The minimum Gasteiger partial charge on any atom is -0.376 e. The van der Waals surface area contributed by atoms with E-state index in [2.05, 4.69) is 27.7 Å². The smallest absolute Gasteiger partial charge is 0.315 e. The molecule has 1 aliphatic rings. The lowest BCUT2D eigenvalue weighted by Gasteiger charge is -2.25. The molecule has 5 nitrogen and oxygen atoms in total. The maximum Gasteiger partial charge on any atom is 0.315 e. The van der Waals surface area contributed by atoms with E-state index in [4.69, 9.17) is 4.74 Å². The average molecular weight is 385 g/mol. The molecule has 0 radical (unpaired) electrons. The molecule has 2 N–H and O–H groups in total. The van der Waals surface area contributed by atoms with Gasteiger partial charge in [-0.05, 0) is 49.1 Å². The summed E-state index contributed by atoms with van der Waals surface area (Å²) in [7, 11) is 2.04. The summed E-state index contributed by atoms with van der Waals surface area (Å²) in [4.78, 5) is 14.6. The summed E-state index contributed by atoms with van der Waals surface area (Å²) in [6.07, 6.45) is 2.60. The first-order chi connectivity index (χ1) is 13.6. The summed E-state index contributed by atoms with van der Waals surface area (Å²) in [6.45, 7) is 2.11. The molecule has 0 bridgehead atoms. The van der Waals surface area contributed by atoms with Gasteiger partial charge >= 0.3 is 6.03 Å². The Bertz CT molecular complexity index is 733. The molecule has 0 spiro atoms. The van der Waals surface area contributed by atoms with E-state index in [1.165, 1.54) is 12.1 Å². The normalized spacial score (nSPS) is 17.1. The van der Waals surface area contributed by atoms with Crippen LogP contribution >= 0.6 is 0 Å². The van der Waals surface area contributed by atoms with Crippen molar-refractivity contribution in [3.05, 3.63) is 66.0 Å². The van der Waals surface area contributed by atoms with Crippen LogP contribution in [0.15, 0.2) is 54.6 Å². The SMILES string of the molecule is CN(CCCNC(=O)NC(c1ccc(F)cc1)C1CCCO1)c1ccccc1. The van der Waals surface area contributed by atoms with Crippen LogP contribution in [0.2, 0.25) is 0 Å². The van der Waals surface area contributed by atoms with Gasteiger partial charge in [0.2, 0.25) is 0 Å². The topological polar surface area (TPSA) is 53.6 Å². The molecular weight excluding hydrogens is 357 g/mol. The zero-order valence-corrected chi connectivity index (χ0v) is 16.2. The quantitative estimate of drug-likeness (QED) is 0.678. The first-order valence-corrected chi connectivity index (χ1v) is 9.81. The molecule has 1 saturated heterocycles. The number of nitrogens with zero attached hydrogens (tertiary/aromatic N) is 1. The van der Waals surface area contributed by atoms with E-state index in [0.717, 1.165) is 37.1 Å². The fourth-order valence-corrected chi connectivity index (χ4v) is 3.45. The van der Waals surface area contributed by atoms with E-state index < -0.39 is 0 Å². The van der Waals surface area contributed by atoms with Crippen LogP contribution in [-0.4, -0.2) is 38.9 Å². The molecule has 3 rings (SSSR count). The van der Waals surface area contributed by atoms with Crippen molar-refractivity contribution in [2.45, 2.75) is 31.4 Å². The summed E-state index contributed by atoms with van der Waals surface area (Å²) < 4.78 is 19.0. The molecule has 2 amide bonds. The molecular formula is C22H28FN3O2. The molecule has 0 aliphatic carbocycles. The Morgan fingerprint density at radius 3 is 2.64 bits per heavy atom. The Hall–Kier alpha value is -2.60. The van der Waals surface area contributed by atoms with Crippen LogP contribution in [0.1, 0.15) is 30.9 Å². The van der Waals surface area contributed by atoms with Crippen LogP contribution in [-0.2, 0) is 4.74 Å². The van der Waals surface area contributed by atoms with Gasteiger partial charge < -0.3 is 20.3 Å². The first kappa shape index (κ1) is 20.1. The van der Waals surface area contributed by atoms with Crippen molar-refractivity contribution in [1.82, 2.24) is 10.6 Å². The molecule has 1 fully saturated rings. The number of para-hydroxylation sites is 1. The van der Waals surface area contributed by atoms with Gasteiger partial charge in [-0.3, -0.25) is 0 Å². The third kappa shape index (κ3) is 5.70. The van der Waals surface area contributed by atoms with Crippen LogP contribution < -0.4 is 15.5 Å². The second-order valence-electron chi connectivity index (χ2n) is 7.09. The highest BCUT2D eigenvalue weighted by atomic mass is 19.1. The van der Waals surface area contributed by atoms with E-state index in [0.29, 0.717) is 13.2 Å². The monoisotopic (exact) mass is 385 g/mol. The minimum atomic E-state index is -0.290. The largest absolute Gasteiger partial charge is 0.376 e. The van der Waals surface area contributed by atoms with Crippen LogP contribution in [0, 0.1) is 5.82 Å². The molecule has 2 unspecified atom stereocenters. The van der Waals surface area contributed by atoms with Gasteiger partial charge in [-0.2, -0.15) is 0 Å². The molecule has 0 aromatic heterocycles. The molecule has 0 saturated carbocycles. The fourth-order valence-electron chi connectivity index (χ4n) is 3.45. The van der Waals surface area contributed by atoms with Crippen molar-refractivity contribution in [2.75, 3.05) is 31.6 Å². The van der Waals surface area contributed by atoms with Crippen LogP contribution in [0.3, 0.4) is 0 Å². The number of hydrogen-bond donors (Lipinski definition) is 2. The summed E-state index contributed by atoms with van der Waals surface area (Å²) in [6, 6.07) is 15.9. The Labute approximate surface area is 165 Å². The Kier molecular flexibility index (Phi) is 7.25. The molecule has 2 atom stereocenters. The number of amides is 2. The van der Waals surface area contributed by atoms with Crippen LogP contribution in [0.25, 0.3) is 0 Å². The second-order valence-corrected chi connectivity index (χ2v) is 7.09. The third-order valence-electron chi connectivity index (χ3n) is 5.01. The van der Waals surface area contributed by atoms with Gasteiger partial charge in [0.05, 0.1) is 12.1 Å². The van der Waals surface area contributed by atoms with Gasteiger partial charge in [-0.15, -0.1) is 0 Å². The van der Waals surface area contributed by atoms with Gasteiger partial charge in [0.1, 0.15) is 5.82 Å². The molecule has 150 valence electrons. The van der Waals surface area contributed by atoms with Crippen molar-refractivity contribution >= 4 is 11.7 Å². The summed E-state index contributed by atoms with van der Waals surface area (Å²) in [5.41, 5.74) is 2.01. The highest BCUT2D eigenvalue weighted by Gasteiger charge is 2.28. The molecule has 1 aliphatic heterocycles. The number of halogens is 1. The number of nitrogens with one attached hydrogen (secondary N) is 2. The lowest BCUT2D eigenvalue weighted by molar-refractivity contribution is 0.0807. The van der Waals surface area contributed by atoms with E-state index in [-0.39, 0.29) is 24.0 Å². The summed E-state index contributed by atoms with van der Waals surface area (Å²) >= 11 is 0.